The van der Waals surface area contributed by atoms with Gasteiger partial charge in [0, 0.05) is 62.1 Å². The van der Waals surface area contributed by atoms with E-state index in [0.29, 0.717) is 12.1 Å². The van der Waals surface area contributed by atoms with Crippen LogP contribution in [-0.2, 0) is 4.74 Å². The van der Waals surface area contributed by atoms with Gasteiger partial charge >= 0.3 is 6.09 Å². The first kappa shape index (κ1) is 19.9. The lowest BCUT2D eigenvalue weighted by Gasteiger charge is -2.43. The quantitative estimate of drug-likeness (QED) is 0.570. The molecule has 0 N–H and O–H groups in total. The number of nitro groups is 1. The summed E-state index contributed by atoms with van der Waals surface area (Å²) in [5.74, 6) is 0. The van der Waals surface area contributed by atoms with Gasteiger partial charge in [-0.3, -0.25) is 15.0 Å². The molecule has 1 aromatic rings. The van der Waals surface area contributed by atoms with E-state index in [4.69, 9.17) is 4.74 Å². The molecular weight excluding hydrogens is 372 g/mol. The van der Waals surface area contributed by atoms with Crippen LogP contribution in [0.25, 0.3) is 0 Å². The molecule has 0 radical (unpaired) electrons. The van der Waals surface area contributed by atoms with Crippen LogP contribution in [0.2, 0.25) is 0 Å². The molecule has 3 aliphatic heterocycles. The second kappa shape index (κ2) is 7.48. The summed E-state index contributed by atoms with van der Waals surface area (Å²) in [7, 11) is 0. The monoisotopic (exact) mass is 402 g/mol. The van der Waals surface area contributed by atoms with Crippen molar-refractivity contribution in [2.45, 2.75) is 63.8 Å². The Bertz CT molecular complexity index is 768. The molecule has 2 unspecified atom stereocenters. The molecule has 3 saturated heterocycles. The fraction of sp³-hybridized carbons (Fsp3) is 0.667. The summed E-state index contributed by atoms with van der Waals surface area (Å²) in [6, 6.07) is 8.08. The van der Waals surface area contributed by atoms with E-state index in [1.165, 1.54) is 0 Å². The average Bonchev–Trinajstić information content (AvgIpc) is 3.28. The first-order valence-electron chi connectivity index (χ1n) is 10.5. The summed E-state index contributed by atoms with van der Waals surface area (Å²) in [6.45, 7) is 9.32. The number of piperidine rings is 1. The summed E-state index contributed by atoms with van der Waals surface area (Å²) in [5, 5.41) is 10.8. The number of anilines is 1. The van der Waals surface area contributed by atoms with Gasteiger partial charge in [0.15, 0.2) is 0 Å². The molecular formula is C21H30N4O4. The number of non-ortho nitro benzene ring substituents is 1. The zero-order chi connectivity index (χ0) is 20.8. The standard InChI is InChI=1S/C21H30N4O4/c1-21(2,3)29-20(26)24-14-18-12-19(24)13-23(18)16-8-10-22(11-9-16)15-4-6-17(7-5-15)25(27)28/h4-7,16,18-19H,8-14H2,1-3H3. The molecule has 2 bridgehead atoms. The minimum absolute atomic E-state index is 0.131. The number of nitrogens with zero attached hydrogens (tertiary/aromatic N) is 4. The van der Waals surface area contributed by atoms with E-state index in [1.54, 1.807) is 12.1 Å². The number of amides is 1. The molecule has 0 aliphatic carbocycles. The highest BCUT2D eigenvalue weighted by atomic mass is 16.6. The normalized spacial score (nSPS) is 25.5. The van der Waals surface area contributed by atoms with Gasteiger partial charge in [-0.25, -0.2) is 4.79 Å². The van der Waals surface area contributed by atoms with Crippen LogP contribution in [0, 0.1) is 10.1 Å². The van der Waals surface area contributed by atoms with E-state index in [1.807, 2.05) is 37.8 Å². The number of nitro benzene ring substituents is 1. The smallest absolute Gasteiger partial charge is 0.410 e. The Labute approximate surface area is 171 Å². The minimum atomic E-state index is -0.455. The second-order valence-corrected chi connectivity index (χ2v) is 9.36. The maximum absolute atomic E-state index is 12.4. The summed E-state index contributed by atoms with van der Waals surface area (Å²) < 4.78 is 5.56. The van der Waals surface area contributed by atoms with Crippen molar-refractivity contribution in [2.24, 2.45) is 0 Å². The molecule has 8 nitrogen and oxygen atoms in total. The lowest BCUT2D eigenvalue weighted by Crippen LogP contribution is -2.55. The van der Waals surface area contributed by atoms with Crippen LogP contribution in [0.5, 0.6) is 0 Å². The van der Waals surface area contributed by atoms with E-state index in [9.17, 15) is 14.9 Å². The number of rotatable bonds is 3. The second-order valence-electron chi connectivity index (χ2n) is 9.36. The van der Waals surface area contributed by atoms with Crippen molar-refractivity contribution in [1.82, 2.24) is 9.80 Å². The highest BCUT2D eigenvalue weighted by Crippen LogP contribution is 2.36. The number of piperazine rings is 1. The van der Waals surface area contributed by atoms with Crippen molar-refractivity contribution in [3.8, 4) is 0 Å². The molecule has 158 valence electrons. The van der Waals surface area contributed by atoms with E-state index in [2.05, 4.69) is 9.80 Å². The molecule has 4 rings (SSSR count). The zero-order valence-electron chi connectivity index (χ0n) is 17.4. The number of likely N-dealkylation sites (tertiary alicyclic amines) is 2. The van der Waals surface area contributed by atoms with Gasteiger partial charge in [0.2, 0.25) is 0 Å². The Balaban J connectivity index is 1.30. The van der Waals surface area contributed by atoms with Crippen molar-refractivity contribution < 1.29 is 14.5 Å². The molecule has 29 heavy (non-hydrogen) atoms. The molecule has 0 aromatic heterocycles. The van der Waals surface area contributed by atoms with Crippen LogP contribution < -0.4 is 4.90 Å². The number of hydrogen-bond donors (Lipinski definition) is 0. The highest BCUT2D eigenvalue weighted by Gasteiger charge is 2.48. The van der Waals surface area contributed by atoms with E-state index >= 15 is 0 Å². The number of fused-ring (bicyclic) bond motifs is 2. The third-order valence-corrected chi connectivity index (χ3v) is 6.27. The molecule has 3 fully saturated rings. The number of hydrogen-bond acceptors (Lipinski definition) is 6. The maximum Gasteiger partial charge on any atom is 0.410 e. The van der Waals surface area contributed by atoms with Crippen LogP contribution in [-0.4, -0.2) is 70.7 Å². The highest BCUT2D eigenvalue weighted by molar-refractivity contribution is 5.69. The van der Waals surface area contributed by atoms with Gasteiger partial charge in [0.05, 0.1) is 4.92 Å². The van der Waals surface area contributed by atoms with Gasteiger partial charge in [-0.2, -0.15) is 0 Å². The van der Waals surface area contributed by atoms with Crippen LogP contribution in [0.4, 0.5) is 16.2 Å². The molecule has 3 aliphatic rings. The minimum Gasteiger partial charge on any atom is -0.444 e. The molecule has 2 atom stereocenters. The first-order chi connectivity index (χ1) is 13.7. The molecule has 3 heterocycles. The Morgan fingerprint density at radius 2 is 1.72 bits per heavy atom. The molecule has 1 amide bonds. The third-order valence-electron chi connectivity index (χ3n) is 6.27. The lowest BCUT2D eigenvalue weighted by molar-refractivity contribution is -0.384. The van der Waals surface area contributed by atoms with Crippen molar-refractivity contribution in [3.05, 3.63) is 34.4 Å². The van der Waals surface area contributed by atoms with Crippen molar-refractivity contribution in [2.75, 3.05) is 31.1 Å². The van der Waals surface area contributed by atoms with Gasteiger partial charge in [0.25, 0.3) is 5.69 Å². The van der Waals surface area contributed by atoms with E-state index in [-0.39, 0.29) is 22.7 Å². The van der Waals surface area contributed by atoms with Gasteiger partial charge < -0.3 is 14.5 Å². The Kier molecular flexibility index (Phi) is 5.14. The lowest BCUT2D eigenvalue weighted by atomic mass is 10.0. The maximum atomic E-state index is 12.4. The summed E-state index contributed by atoms with van der Waals surface area (Å²) >= 11 is 0. The van der Waals surface area contributed by atoms with Gasteiger partial charge in [-0.05, 0) is 52.2 Å². The number of carbonyl (C=O) groups is 1. The number of benzene rings is 1. The molecule has 0 saturated carbocycles. The SMILES string of the molecule is CC(C)(C)OC(=O)N1CC2CC1CN2C1CCN(c2ccc([N+](=O)[O-])cc2)CC1. The predicted octanol–water partition coefficient (Wildman–Crippen LogP) is 3.26. The van der Waals surface area contributed by atoms with Crippen LogP contribution in [0.1, 0.15) is 40.0 Å². The molecule has 0 spiro atoms. The Hall–Kier alpha value is -2.35. The van der Waals surface area contributed by atoms with Gasteiger partial charge in [-0.1, -0.05) is 0 Å². The van der Waals surface area contributed by atoms with Crippen LogP contribution in [0.3, 0.4) is 0 Å². The van der Waals surface area contributed by atoms with Crippen molar-refractivity contribution in [3.63, 3.8) is 0 Å². The van der Waals surface area contributed by atoms with Crippen LogP contribution >= 0.6 is 0 Å². The number of ether oxygens (including phenoxy) is 1. The van der Waals surface area contributed by atoms with E-state index < -0.39 is 5.60 Å². The third kappa shape index (κ3) is 4.17. The average molecular weight is 402 g/mol. The zero-order valence-corrected chi connectivity index (χ0v) is 17.4. The first-order valence-corrected chi connectivity index (χ1v) is 10.5. The fourth-order valence-corrected chi connectivity index (χ4v) is 4.93. The summed E-state index contributed by atoms with van der Waals surface area (Å²) in [5.41, 5.74) is 0.725. The van der Waals surface area contributed by atoms with Gasteiger partial charge in [-0.15, -0.1) is 0 Å². The number of carbonyl (C=O) groups excluding carboxylic acids is 1. The van der Waals surface area contributed by atoms with Crippen LogP contribution in [0.15, 0.2) is 24.3 Å². The van der Waals surface area contributed by atoms with Crippen molar-refractivity contribution in [1.29, 1.82) is 0 Å². The topological polar surface area (TPSA) is 79.2 Å². The predicted molar refractivity (Wildman–Crippen MR) is 110 cm³/mol. The molecule has 1 aromatic carbocycles. The van der Waals surface area contributed by atoms with E-state index in [0.717, 1.165) is 51.1 Å². The summed E-state index contributed by atoms with van der Waals surface area (Å²) in [4.78, 5) is 29.7. The van der Waals surface area contributed by atoms with Gasteiger partial charge in [0.1, 0.15) is 5.60 Å². The molecule has 8 heteroatoms. The fourth-order valence-electron chi connectivity index (χ4n) is 4.93. The largest absolute Gasteiger partial charge is 0.444 e. The summed E-state index contributed by atoms with van der Waals surface area (Å²) in [6.07, 6.45) is 3.01. The Morgan fingerprint density at radius 3 is 2.24 bits per heavy atom. The Morgan fingerprint density at radius 1 is 1.07 bits per heavy atom. The van der Waals surface area contributed by atoms with Crippen molar-refractivity contribution >= 4 is 17.5 Å².